The van der Waals surface area contributed by atoms with E-state index in [0.29, 0.717) is 12.1 Å². The van der Waals surface area contributed by atoms with Crippen LogP contribution in [0.4, 0.5) is 0 Å². The van der Waals surface area contributed by atoms with Crippen LogP contribution in [0, 0.1) is 0 Å². The van der Waals surface area contributed by atoms with Crippen molar-refractivity contribution in [2.45, 2.75) is 64.5 Å². The van der Waals surface area contributed by atoms with Crippen LogP contribution in [0.2, 0.25) is 0 Å². The molecule has 0 aromatic heterocycles. The van der Waals surface area contributed by atoms with Gasteiger partial charge in [0.15, 0.2) is 0 Å². The molecule has 0 spiro atoms. The predicted molar refractivity (Wildman–Crippen MR) is 71.4 cm³/mol. The third kappa shape index (κ3) is 6.39. The Morgan fingerprint density at radius 3 is 2.65 bits per heavy atom. The first-order valence-corrected chi connectivity index (χ1v) is 7.31. The minimum Gasteiger partial charge on any atom is -0.379 e. The van der Waals surface area contributed by atoms with Crippen molar-refractivity contribution in [1.82, 2.24) is 5.32 Å². The maximum absolute atomic E-state index is 5.99. The summed E-state index contributed by atoms with van der Waals surface area (Å²) in [6, 6.07) is 0.555. The van der Waals surface area contributed by atoms with Crippen LogP contribution in [0.15, 0.2) is 0 Å². The highest BCUT2D eigenvalue weighted by Gasteiger charge is 2.23. The van der Waals surface area contributed by atoms with E-state index in [1.165, 1.54) is 38.5 Å². The summed E-state index contributed by atoms with van der Waals surface area (Å²) in [6.07, 6.45) is 8.06. The predicted octanol–water partition coefficient (Wildman–Crippen LogP) is 2.74. The van der Waals surface area contributed by atoms with Gasteiger partial charge in [-0.25, -0.2) is 0 Å². The molecule has 1 aliphatic carbocycles. The van der Waals surface area contributed by atoms with E-state index in [1.807, 2.05) is 6.92 Å². The fourth-order valence-corrected chi connectivity index (χ4v) is 2.44. The summed E-state index contributed by atoms with van der Waals surface area (Å²) in [6.45, 7) is 7.60. The Hall–Kier alpha value is -0.120. The SMILES string of the molecule is CCCNC1CCCCCC1OCCOCC. The topological polar surface area (TPSA) is 30.5 Å². The van der Waals surface area contributed by atoms with Gasteiger partial charge in [0.2, 0.25) is 0 Å². The minimum atomic E-state index is 0.393. The Bertz CT molecular complexity index is 176. The average Bonchev–Trinajstić information content (AvgIpc) is 2.57. The molecule has 0 aliphatic heterocycles. The van der Waals surface area contributed by atoms with Crippen molar-refractivity contribution in [3.05, 3.63) is 0 Å². The number of hydrogen-bond donors (Lipinski definition) is 1. The quantitative estimate of drug-likeness (QED) is 0.525. The van der Waals surface area contributed by atoms with Gasteiger partial charge in [0.05, 0.1) is 19.3 Å². The van der Waals surface area contributed by atoms with Crippen molar-refractivity contribution in [3.63, 3.8) is 0 Å². The second-order valence-corrected chi connectivity index (χ2v) is 4.80. The molecule has 1 N–H and O–H groups in total. The summed E-state index contributed by atoms with van der Waals surface area (Å²) < 4.78 is 11.3. The zero-order valence-corrected chi connectivity index (χ0v) is 11.5. The fraction of sp³-hybridized carbons (Fsp3) is 1.00. The molecule has 2 atom stereocenters. The van der Waals surface area contributed by atoms with Crippen molar-refractivity contribution in [1.29, 1.82) is 0 Å². The number of hydrogen-bond acceptors (Lipinski definition) is 3. The van der Waals surface area contributed by atoms with Gasteiger partial charge in [0.25, 0.3) is 0 Å². The second kappa shape index (κ2) is 9.86. The smallest absolute Gasteiger partial charge is 0.0729 e. The first-order chi connectivity index (χ1) is 8.38. The van der Waals surface area contributed by atoms with E-state index >= 15 is 0 Å². The van der Waals surface area contributed by atoms with Gasteiger partial charge in [0, 0.05) is 12.6 Å². The van der Waals surface area contributed by atoms with Crippen molar-refractivity contribution >= 4 is 0 Å². The van der Waals surface area contributed by atoms with Gasteiger partial charge in [-0.1, -0.05) is 26.2 Å². The lowest BCUT2D eigenvalue weighted by Crippen LogP contribution is -2.41. The lowest BCUT2D eigenvalue weighted by atomic mass is 10.1. The van der Waals surface area contributed by atoms with Gasteiger partial charge < -0.3 is 14.8 Å². The van der Waals surface area contributed by atoms with Gasteiger partial charge in [-0.15, -0.1) is 0 Å². The molecule has 1 saturated carbocycles. The fourth-order valence-electron chi connectivity index (χ4n) is 2.44. The van der Waals surface area contributed by atoms with Gasteiger partial charge >= 0.3 is 0 Å². The molecular weight excluding hydrogens is 214 g/mol. The Kier molecular flexibility index (Phi) is 8.67. The lowest BCUT2D eigenvalue weighted by Gasteiger charge is -2.26. The highest BCUT2D eigenvalue weighted by molar-refractivity contribution is 4.80. The van der Waals surface area contributed by atoms with Crippen LogP contribution < -0.4 is 5.32 Å². The van der Waals surface area contributed by atoms with E-state index in [1.54, 1.807) is 0 Å². The number of ether oxygens (including phenoxy) is 2. The molecule has 0 heterocycles. The van der Waals surface area contributed by atoms with E-state index in [-0.39, 0.29) is 0 Å². The van der Waals surface area contributed by atoms with Gasteiger partial charge in [-0.3, -0.25) is 0 Å². The van der Waals surface area contributed by atoms with Crippen LogP contribution in [0.25, 0.3) is 0 Å². The van der Waals surface area contributed by atoms with E-state index < -0.39 is 0 Å². The molecule has 102 valence electrons. The molecule has 0 bridgehead atoms. The molecule has 1 rings (SSSR count). The van der Waals surface area contributed by atoms with Gasteiger partial charge in [0.1, 0.15) is 0 Å². The van der Waals surface area contributed by atoms with E-state index in [9.17, 15) is 0 Å². The van der Waals surface area contributed by atoms with Crippen LogP contribution >= 0.6 is 0 Å². The molecule has 0 aromatic carbocycles. The second-order valence-electron chi connectivity index (χ2n) is 4.80. The van der Waals surface area contributed by atoms with Crippen LogP contribution in [0.5, 0.6) is 0 Å². The molecule has 0 saturated heterocycles. The summed E-state index contributed by atoms with van der Waals surface area (Å²) in [5.41, 5.74) is 0. The summed E-state index contributed by atoms with van der Waals surface area (Å²) in [7, 11) is 0. The Labute approximate surface area is 106 Å². The Morgan fingerprint density at radius 2 is 1.88 bits per heavy atom. The maximum Gasteiger partial charge on any atom is 0.0729 e. The summed E-state index contributed by atoms with van der Waals surface area (Å²) >= 11 is 0. The third-order valence-corrected chi connectivity index (χ3v) is 3.37. The third-order valence-electron chi connectivity index (χ3n) is 3.37. The molecule has 0 amide bonds. The lowest BCUT2D eigenvalue weighted by molar-refractivity contribution is -0.0122. The molecule has 3 nitrogen and oxygen atoms in total. The molecule has 2 unspecified atom stereocenters. The molecule has 3 heteroatoms. The van der Waals surface area contributed by atoms with Crippen molar-refractivity contribution < 1.29 is 9.47 Å². The maximum atomic E-state index is 5.99. The Balaban J connectivity index is 2.27. The van der Waals surface area contributed by atoms with Crippen molar-refractivity contribution in [2.75, 3.05) is 26.4 Å². The minimum absolute atomic E-state index is 0.393. The zero-order chi connectivity index (χ0) is 12.3. The molecular formula is C14H29NO2. The summed E-state index contributed by atoms with van der Waals surface area (Å²) in [5.74, 6) is 0. The average molecular weight is 243 g/mol. The van der Waals surface area contributed by atoms with Gasteiger partial charge in [-0.05, 0) is 32.7 Å². The van der Waals surface area contributed by atoms with Crippen molar-refractivity contribution in [3.8, 4) is 0 Å². The molecule has 1 fully saturated rings. The normalized spacial score (nSPS) is 25.8. The Morgan fingerprint density at radius 1 is 1.06 bits per heavy atom. The first-order valence-electron chi connectivity index (χ1n) is 7.31. The summed E-state index contributed by atoms with van der Waals surface area (Å²) in [4.78, 5) is 0. The number of rotatable bonds is 8. The van der Waals surface area contributed by atoms with Crippen LogP contribution in [-0.4, -0.2) is 38.5 Å². The van der Waals surface area contributed by atoms with Crippen LogP contribution in [-0.2, 0) is 9.47 Å². The monoisotopic (exact) mass is 243 g/mol. The highest BCUT2D eigenvalue weighted by atomic mass is 16.5. The molecule has 1 aliphatic rings. The van der Waals surface area contributed by atoms with Gasteiger partial charge in [-0.2, -0.15) is 0 Å². The standard InChI is InChI=1S/C14H29NO2/c1-3-10-15-13-8-6-5-7-9-14(13)17-12-11-16-4-2/h13-15H,3-12H2,1-2H3. The summed E-state index contributed by atoms with van der Waals surface area (Å²) in [5, 5.41) is 3.64. The first kappa shape index (κ1) is 14.9. The molecule has 0 aromatic rings. The van der Waals surface area contributed by atoms with E-state index in [0.717, 1.165) is 26.4 Å². The van der Waals surface area contributed by atoms with Crippen molar-refractivity contribution in [2.24, 2.45) is 0 Å². The molecule has 0 radical (unpaired) electrons. The highest BCUT2D eigenvalue weighted by Crippen LogP contribution is 2.20. The van der Waals surface area contributed by atoms with E-state index in [4.69, 9.17) is 9.47 Å². The molecule has 17 heavy (non-hydrogen) atoms. The van der Waals surface area contributed by atoms with E-state index in [2.05, 4.69) is 12.2 Å². The zero-order valence-electron chi connectivity index (χ0n) is 11.5. The number of nitrogens with one attached hydrogen (secondary N) is 1. The van der Waals surface area contributed by atoms with Crippen LogP contribution in [0.1, 0.15) is 52.4 Å². The van der Waals surface area contributed by atoms with Crippen LogP contribution in [0.3, 0.4) is 0 Å². The largest absolute Gasteiger partial charge is 0.379 e.